The Morgan fingerprint density at radius 2 is 2.24 bits per heavy atom. The molecule has 0 bridgehead atoms. The lowest BCUT2D eigenvalue weighted by Gasteiger charge is -2.12. The Labute approximate surface area is 125 Å². The van der Waals surface area contributed by atoms with Crippen molar-refractivity contribution in [1.82, 2.24) is 0 Å². The van der Waals surface area contributed by atoms with Gasteiger partial charge in [-0.25, -0.2) is 0 Å². The number of aldehydes is 1. The first-order valence-corrected chi connectivity index (χ1v) is 7.86. The highest BCUT2D eigenvalue weighted by Gasteiger charge is 2.62. The number of fused-ring (bicyclic) bond motifs is 2. The number of carbonyl (C=O) groups excluding carboxylic acids is 2. The molecule has 1 aliphatic heterocycles. The molecule has 0 spiro atoms. The summed E-state index contributed by atoms with van der Waals surface area (Å²) in [5.41, 5.74) is 0.850. The Hall–Kier alpha value is -1.16. The van der Waals surface area contributed by atoms with Crippen molar-refractivity contribution in [1.29, 1.82) is 0 Å². The summed E-state index contributed by atoms with van der Waals surface area (Å²) in [4.78, 5) is 22.4. The van der Waals surface area contributed by atoms with E-state index in [9.17, 15) is 9.59 Å². The van der Waals surface area contributed by atoms with Crippen LogP contribution in [-0.4, -0.2) is 30.6 Å². The second kappa shape index (κ2) is 4.94. The average Bonchev–Trinajstić information content (AvgIpc) is 3.26. The van der Waals surface area contributed by atoms with Gasteiger partial charge in [0.25, 0.3) is 0 Å². The number of rotatable bonds is 3. The van der Waals surface area contributed by atoms with Gasteiger partial charge in [0.2, 0.25) is 0 Å². The molecule has 3 rings (SSSR count). The molecule has 4 nitrogen and oxygen atoms in total. The molecule has 2 fully saturated rings. The van der Waals surface area contributed by atoms with Crippen LogP contribution in [-0.2, 0) is 19.1 Å². The van der Waals surface area contributed by atoms with Gasteiger partial charge in [0.05, 0.1) is 18.3 Å². The summed E-state index contributed by atoms with van der Waals surface area (Å²) in [6, 6.07) is 0. The van der Waals surface area contributed by atoms with Crippen LogP contribution < -0.4 is 0 Å². The minimum absolute atomic E-state index is 0.000811. The van der Waals surface area contributed by atoms with Crippen molar-refractivity contribution in [3.63, 3.8) is 0 Å². The van der Waals surface area contributed by atoms with Crippen LogP contribution in [0.1, 0.15) is 46.5 Å². The van der Waals surface area contributed by atoms with E-state index in [4.69, 9.17) is 9.47 Å². The monoisotopic (exact) mass is 292 g/mol. The Morgan fingerprint density at radius 3 is 2.90 bits per heavy atom. The zero-order valence-electron chi connectivity index (χ0n) is 13.1. The summed E-state index contributed by atoms with van der Waals surface area (Å²) in [6.45, 7) is 6.22. The zero-order chi connectivity index (χ0) is 15.3. The van der Waals surface area contributed by atoms with Crippen LogP contribution in [0.5, 0.6) is 0 Å². The number of hydrogen-bond donors (Lipinski definition) is 0. The normalized spacial score (nSPS) is 47.2. The molecule has 0 aromatic rings. The molecule has 4 heteroatoms. The van der Waals surface area contributed by atoms with Gasteiger partial charge in [-0.05, 0) is 50.0 Å². The second-order valence-corrected chi connectivity index (χ2v) is 7.27. The van der Waals surface area contributed by atoms with E-state index in [0.29, 0.717) is 24.5 Å². The number of ether oxygens (including phenoxy) is 2. The van der Waals surface area contributed by atoms with Crippen molar-refractivity contribution >= 4 is 12.3 Å². The lowest BCUT2D eigenvalue weighted by Crippen LogP contribution is -2.14. The first-order chi connectivity index (χ1) is 9.89. The number of esters is 1. The molecule has 0 aromatic heterocycles. The van der Waals surface area contributed by atoms with Crippen LogP contribution in [0.3, 0.4) is 0 Å². The van der Waals surface area contributed by atoms with Gasteiger partial charge in [0.1, 0.15) is 6.29 Å². The Morgan fingerprint density at radius 1 is 1.48 bits per heavy atom. The van der Waals surface area contributed by atoms with Gasteiger partial charge in [-0.3, -0.25) is 9.59 Å². The van der Waals surface area contributed by atoms with E-state index in [2.05, 4.69) is 19.9 Å². The van der Waals surface area contributed by atoms with Gasteiger partial charge in [-0.2, -0.15) is 0 Å². The van der Waals surface area contributed by atoms with Gasteiger partial charge < -0.3 is 9.47 Å². The first kappa shape index (κ1) is 14.8. The van der Waals surface area contributed by atoms with Gasteiger partial charge in [-0.1, -0.05) is 13.0 Å². The highest BCUT2D eigenvalue weighted by molar-refractivity contribution is 5.73. The van der Waals surface area contributed by atoms with Crippen LogP contribution in [0.2, 0.25) is 0 Å². The number of carbonyl (C=O) groups is 2. The number of hydrogen-bond acceptors (Lipinski definition) is 4. The summed E-state index contributed by atoms with van der Waals surface area (Å²) >= 11 is 0. The lowest BCUT2D eigenvalue weighted by atomic mass is 9.93. The Kier molecular flexibility index (Phi) is 3.47. The minimum Gasteiger partial charge on any atom is -0.465 e. The molecule has 116 valence electrons. The van der Waals surface area contributed by atoms with Crippen molar-refractivity contribution in [3.05, 3.63) is 11.6 Å². The Balaban J connectivity index is 1.76. The average molecular weight is 292 g/mol. The van der Waals surface area contributed by atoms with Crippen molar-refractivity contribution < 1.29 is 19.1 Å². The fourth-order valence-electron chi connectivity index (χ4n) is 4.00. The van der Waals surface area contributed by atoms with Crippen LogP contribution in [0, 0.1) is 17.3 Å². The molecular formula is C17H24O4. The van der Waals surface area contributed by atoms with Gasteiger partial charge in [0.15, 0.2) is 0 Å². The minimum atomic E-state index is -0.234. The maximum Gasteiger partial charge on any atom is 0.302 e. The highest BCUT2D eigenvalue weighted by atomic mass is 16.6. The van der Waals surface area contributed by atoms with Gasteiger partial charge in [0, 0.05) is 12.3 Å². The molecule has 1 saturated carbocycles. The van der Waals surface area contributed by atoms with E-state index >= 15 is 0 Å². The smallest absolute Gasteiger partial charge is 0.302 e. The standard InChI is InChI=1S/C17H24O4/c1-11(19)20-10-16(2)13-6-7-17(3)15(21-17)5-4-12(9-18)8-14(13)16/h8-9,13-15H,4-7,10H2,1-3H3/b12-8+/t13-,14+,15-,16+,17-/m1/s1. The maximum atomic E-state index is 11.3. The number of epoxide rings is 1. The van der Waals surface area contributed by atoms with Gasteiger partial charge >= 0.3 is 5.97 Å². The van der Waals surface area contributed by atoms with E-state index in [1.54, 1.807) is 0 Å². The second-order valence-electron chi connectivity index (χ2n) is 7.27. The fourth-order valence-corrected chi connectivity index (χ4v) is 4.00. The third-order valence-corrected chi connectivity index (χ3v) is 5.75. The van der Waals surface area contributed by atoms with E-state index in [0.717, 1.165) is 37.5 Å². The first-order valence-electron chi connectivity index (χ1n) is 7.86. The van der Waals surface area contributed by atoms with Crippen molar-refractivity contribution in [2.45, 2.75) is 58.2 Å². The van der Waals surface area contributed by atoms with Crippen LogP contribution in [0.15, 0.2) is 11.6 Å². The van der Waals surface area contributed by atoms with E-state index < -0.39 is 0 Å². The van der Waals surface area contributed by atoms with E-state index in [1.165, 1.54) is 6.92 Å². The molecule has 0 unspecified atom stereocenters. The third kappa shape index (κ3) is 2.66. The molecule has 1 saturated heterocycles. The molecule has 2 aliphatic carbocycles. The summed E-state index contributed by atoms with van der Waals surface area (Å²) in [5.74, 6) is 0.588. The molecule has 0 amide bonds. The van der Waals surface area contributed by atoms with Crippen LogP contribution in [0.25, 0.3) is 0 Å². The van der Waals surface area contributed by atoms with Gasteiger partial charge in [-0.15, -0.1) is 0 Å². The maximum absolute atomic E-state index is 11.3. The van der Waals surface area contributed by atoms with E-state index in [-0.39, 0.29) is 17.0 Å². The highest BCUT2D eigenvalue weighted by Crippen LogP contribution is 2.63. The molecule has 0 N–H and O–H groups in total. The SMILES string of the molecule is CC(=O)OC[C@@]1(C)[C@@H]2CC[C@@]3(C)O[C@@H]3CC/C(C=O)=C\[C@@H]21. The topological polar surface area (TPSA) is 55.9 Å². The summed E-state index contributed by atoms with van der Waals surface area (Å²) in [6.07, 6.45) is 7.23. The van der Waals surface area contributed by atoms with E-state index in [1.807, 2.05) is 0 Å². The third-order valence-electron chi connectivity index (χ3n) is 5.75. The Bertz CT molecular complexity index is 497. The largest absolute Gasteiger partial charge is 0.465 e. The van der Waals surface area contributed by atoms with Crippen LogP contribution >= 0.6 is 0 Å². The molecule has 3 aliphatic rings. The fraction of sp³-hybridized carbons (Fsp3) is 0.765. The summed E-state index contributed by atoms with van der Waals surface area (Å²) in [7, 11) is 0. The molecule has 0 aromatic carbocycles. The van der Waals surface area contributed by atoms with Crippen molar-refractivity contribution in [3.8, 4) is 0 Å². The molecule has 21 heavy (non-hydrogen) atoms. The summed E-state index contributed by atoms with van der Waals surface area (Å²) < 4.78 is 11.1. The molecule has 5 atom stereocenters. The molecule has 1 heterocycles. The van der Waals surface area contributed by atoms with Crippen molar-refractivity contribution in [2.75, 3.05) is 6.61 Å². The lowest BCUT2D eigenvalue weighted by molar-refractivity contribution is -0.142. The predicted molar refractivity (Wildman–Crippen MR) is 77.6 cm³/mol. The zero-order valence-corrected chi connectivity index (χ0v) is 13.1. The quantitative estimate of drug-likeness (QED) is 0.456. The summed E-state index contributed by atoms with van der Waals surface area (Å²) in [5, 5.41) is 0. The number of allylic oxidation sites excluding steroid dienone is 2. The molecular weight excluding hydrogens is 268 g/mol. The molecule has 0 radical (unpaired) electrons. The van der Waals surface area contributed by atoms with Crippen molar-refractivity contribution in [2.24, 2.45) is 17.3 Å². The predicted octanol–water partition coefficient (Wildman–Crippen LogP) is 2.66. The van der Waals surface area contributed by atoms with Crippen LogP contribution in [0.4, 0.5) is 0 Å².